The number of fused-ring (bicyclic) bond motifs is 1. The van der Waals surface area contributed by atoms with Crippen LogP contribution < -0.4 is 4.72 Å². The summed E-state index contributed by atoms with van der Waals surface area (Å²) < 4.78 is 29.3. The summed E-state index contributed by atoms with van der Waals surface area (Å²) in [4.78, 5) is 4.63. The SMILES string of the molecule is Cc1ccn2cc(-c3ccc(NS(=O)(=O)Cc4ccccc4)cc3)nc2c1. The molecule has 0 fully saturated rings. The third-order valence-electron chi connectivity index (χ3n) is 4.27. The van der Waals surface area contributed by atoms with E-state index in [9.17, 15) is 8.42 Å². The molecule has 6 heteroatoms. The van der Waals surface area contributed by atoms with Gasteiger partial charge in [0.05, 0.1) is 11.4 Å². The monoisotopic (exact) mass is 377 g/mol. The first-order valence-corrected chi connectivity index (χ1v) is 10.2. The molecule has 4 rings (SSSR count). The van der Waals surface area contributed by atoms with E-state index in [1.807, 2.05) is 66.2 Å². The molecule has 0 unspecified atom stereocenters. The molecule has 0 atom stereocenters. The van der Waals surface area contributed by atoms with E-state index in [1.54, 1.807) is 24.3 Å². The van der Waals surface area contributed by atoms with Crippen molar-refractivity contribution in [3.8, 4) is 11.3 Å². The Hall–Kier alpha value is -3.12. The standard InChI is InChI=1S/C21H19N3O2S/c1-16-11-12-24-14-20(22-21(24)13-16)18-7-9-19(10-8-18)23-27(25,26)15-17-5-3-2-4-6-17/h2-14,23H,15H2,1H3. The first kappa shape index (κ1) is 17.3. The number of aromatic nitrogens is 2. The van der Waals surface area contributed by atoms with Crippen LogP contribution in [0.25, 0.3) is 16.9 Å². The quantitative estimate of drug-likeness (QED) is 0.565. The lowest BCUT2D eigenvalue weighted by Crippen LogP contribution is -2.14. The molecule has 2 aromatic heterocycles. The van der Waals surface area contributed by atoms with Gasteiger partial charge in [-0.25, -0.2) is 13.4 Å². The Morgan fingerprint density at radius 2 is 1.74 bits per heavy atom. The molecule has 0 saturated carbocycles. The van der Waals surface area contributed by atoms with Crippen LogP contribution in [0.15, 0.2) is 79.1 Å². The van der Waals surface area contributed by atoms with E-state index in [-0.39, 0.29) is 5.75 Å². The lowest BCUT2D eigenvalue weighted by molar-refractivity contribution is 0.600. The Bertz CT molecular complexity index is 1180. The summed E-state index contributed by atoms with van der Waals surface area (Å²) >= 11 is 0. The third kappa shape index (κ3) is 4.01. The van der Waals surface area contributed by atoms with Crippen molar-refractivity contribution in [2.75, 3.05) is 4.72 Å². The van der Waals surface area contributed by atoms with Gasteiger partial charge in [-0.3, -0.25) is 4.72 Å². The van der Waals surface area contributed by atoms with E-state index < -0.39 is 10.0 Å². The van der Waals surface area contributed by atoms with E-state index in [2.05, 4.69) is 9.71 Å². The Labute approximate surface area is 158 Å². The first-order chi connectivity index (χ1) is 13.0. The van der Waals surface area contributed by atoms with Gasteiger partial charge in [0.1, 0.15) is 5.65 Å². The number of imidazole rings is 1. The lowest BCUT2D eigenvalue weighted by atomic mass is 10.1. The van der Waals surface area contributed by atoms with Crippen molar-refractivity contribution in [3.05, 3.63) is 90.3 Å². The van der Waals surface area contributed by atoms with E-state index >= 15 is 0 Å². The highest BCUT2D eigenvalue weighted by Crippen LogP contribution is 2.22. The number of anilines is 1. The van der Waals surface area contributed by atoms with Gasteiger partial charge in [0, 0.05) is 23.6 Å². The second kappa shape index (κ2) is 6.89. The molecule has 4 aromatic rings. The number of hydrogen-bond acceptors (Lipinski definition) is 3. The lowest BCUT2D eigenvalue weighted by Gasteiger charge is -2.08. The molecule has 0 spiro atoms. The van der Waals surface area contributed by atoms with Crippen molar-refractivity contribution < 1.29 is 8.42 Å². The molecule has 0 aliphatic carbocycles. The first-order valence-electron chi connectivity index (χ1n) is 8.59. The molecule has 5 nitrogen and oxygen atoms in total. The van der Waals surface area contributed by atoms with Crippen LogP contribution in [0.2, 0.25) is 0 Å². The summed E-state index contributed by atoms with van der Waals surface area (Å²) in [6, 6.07) is 20.4. The topological polar surface area (TPSA) is 63.5 Å². The molecule has 0 radical (unpaired) electrons. The number of benzene rings is 2. The van der Waals surface area contributed by atoms with Gasteiger partial charge in [-0.2, -0.15) is 0 Å². The largest absolute Gasteiger partial charge is 0.306 e. The highest BCUT2D eigenvalue weighted by Gasteiger charge is 2.12. The van der Waals surface area contributed by atoms with Crippen LogP contribution in [0.5, 0.6) is 0 Å². The number of sulfonamides is 1. The normalized spacial score (nSPS) is 11.6. The van der Waals surface area contributed by atoms with Crippen LogP contribution in [-0.4, -0.2) is 17.8 Å². The average molecular weight is 377 g/mol. The molecule has 1 N–H and O–H groups in total. The molecule has 0 saturated heterocycles. The van der Waals surface area contributed by atoms with Gasteiger partial charge < -0.3 is 4.40 Å². The number of hydrogen-bond donors (Lipinski definition) is 1. The number of aryl methyl sites for hydroxylation is 1. The Kier molecular flexibility index (Phi) is 4.41. The molecule has 0 bridgehead atoms. The maximum absolute atomic E-state index is 12.3. The second-order valence-corrected chi connectivity index (χ2v) is 8.24. The third-order valence-corrected chi connectivity index (χ3v) is 5.53. The van der Waals surface area contributed by atoms with Gasteiger partial charge in [0.15, 0.2) is 0 Å². The predicted molar refractivity (Wildman–Crippen MR) is 108 cm³/mol. The highest BCUT2D eigenvalue weighted by atomic mass is 32.2. The molecule has 27 heavy (non-hydrogen) atoms. The molecule has 2 heterocycles. The van der Waals surface area contributed by atoms with E-state index in [0.29, 0.717) is 5.69 Å². The van der Waals surface area contributed by atoms with Gasteiger partial charge in [-0.1, -0.05) is 42.5 Å². The van der Waals surface area contributed by atoms with Crippen LogP contribution in [0.3, 0.4) is 0 Å². The fraction of sp³-hybridized carbons (Fsp3) is 0.0952. The van der Waals surface area contributed by atoms with E-state index in [0.717, 1.165) is 28.0 Å². The molecule has 0 aliphatic rings. The van der Waals surface area contributed by atoms with Crippen LogP contribution >= 0.6 is 0 Å². The van der Waals surface area contributed by atoms with Gasteiger partial charge in [-0.15, -0.1) is 0 Å². The van der Waals surface area contributed by atoms with Gasteiger partial charge >= 0.3 is 0 Å². The summed E-state index contributed by atoms with van der Waals surface area (Å²) in [6.07, 6.45) is 3.94. The Morgan fingerprint density at radius 1 is 1.00 bits per heavy atom. The Balaban J connectivity index is 1.53. The number of pyridine rings is 1. The molecular weight excluding hydrogens is 358 g/mol. The number of rotatable bonds is 5. The van der Waals surface area contributed by atoms with E-state index in [4.69, 9.17) is 0 Å². The molecule has 2 aromatic carbocycles. The van der Waals surface area contributed by atoms with Gasteiger partial charge in [0.25, 0.3) is 0 Å². The van der Waals surface area contributed by atoms with E-state index in [1.165, 1.54) is 0 Å². The molecule has 0 amide bonds. The molecule has 0 aliphatic heterocycles. The zero-order chi connectivity index (χ0) is 18.9. The highest BCUT2D eigenvalue weighted by molar-refractivity contribution is 7.91. The number of nitrogens with zero attached hydrogens (tertiary/aromatic N) is 2. The van der Waals surface area contributed by atoms with Gasteiger partial charge in [-0.05, 0) is 42.3 Å². The Morgan fingerprint density at radius 3 is 2.48 bits per heavy atom. The minimum absolute atomic E-state index is 0.0542. The summed E-state index contributed by atoms with van der Waals surface area (Å²) in [6.45, 7) is 2.03. The van der Waals surface area contributed by atoms with Crippen LogP contribution in [0.4, 0.5) is 5.69 Å². The number of nitrogens with one attached hydrogen (secondary N) is 1. The predicted octanol–water partition coefficient (Wildman–Crippen LogP) is 4.25. The summed E-state index contributed by atoms with van der Waals surface area (Å²) in [7, 11) is -3.46. The van der Waals surface area contributed by atoms with Crippen molar-refractivity contribution in [2.24, 2.45) is 0 Å². The van der Waals surface area contributed by atoms with Crippen LogP contribution in [-0.2, 0) is 15.8 Å². The average Bonchev–Trinajstić information content (AvgIpc) is 3.05. The zero-order valence-corrected chi connectivity index (χ0v) is 15.6. The van der Waals surface area contributed by atoms with Gasteiger partial charge in [0.2, 0.25) is 10.0 Å². The maximum atomic E-state index is 12.3. The maximum Gasteiger partial charge on any atom is 0.236 e. The molecular formula is C21H19N3O2S. The van der Waals surface area contributed by atoms with Crippen molar-refractivity contribution in [3.63, 3.8) is 0 Å². The zero-order valence-electron chi connectivity index (χ0n) is 14.8. The second-order valence-electron chi connectivity index (χ2n) is 6.52. The summed E-state index contributed by atoms with van der Waals surface area (Å²) in [5.74, 6) is -0.0542. The van der Waals surface area contributed by atoms with Crippen molar-refractivity contribution in [2.45, 2.75) is 12.7 Å². The smallest absolute Gasteiger partial charge is 0.236 e. The van der Waals surface area contributed by atoms with Crippen molar-refractivity contribution in [1.82, 2.24) is 9.38 Å². The summed E-state index contributed by atoms with van der Waals surface area (Å²) in [5, 5.41) is 0. The minimum atomic E-state index is -3.46. The fourth-order valence-corrected chi connectivity index (χ4v) is 4.14. The molecule has 136 valence electrons. The van der Waals surface area contributed by atoms with Crippen LogP contribution in [0, 0.1) is 6.92 Å². The van der Waals surface area contributed by atoms with Crippen molar-refractivity contribution in [1.29, 1.82) is 0 Å². The fourth-order valence-electron chi connectivity index (χ4n) is 2.94. The van der Waals surface area contributed by atoms with Crippen LogP contribution in [0.1, 0.15) is 11.1 Å². The summed E-state index contributed by atoms with van der Waals surface area (Å²) in [5.41, 5.74) is 5.11. The minimum Gasteiger partial charge on any atom is -0.306 e. The van der Waals surface area contributed by atoms with Crippen molar-refractivity contribution >= 4 is 21.4 Å².